The topological polar surface area (TPSA) is 60.2 Å². The molecule has 1 aliphatic heterocycles. The van der Waals surface area contributed by atoms with E-state index in [2.05, 4.69) is 51.1 Å². The molecule has 0 bridgehead atoms. The minimum atomic E-state index is 0.205. The van der Waals surface area contributed by atoms with Crippen molar-refractivity contribution in [2.75, 3.05) is 11.4 Å². The molecule has 5 heteroatoms. The Labute approximate surface area is 182 Å². The molecule has 0 radical (unpaired) electrons. The maximum atomic E-state index is 10.6. The Morgan fingerprint density at radius 3 is 2.57 bits per heavy atom. The van der Waals surface area contributed by atoms with Crippen LogP contribution in [0.5, 0.6) is 0 Å². The highest BCUT2D eigenvalue weighted by Gasteiger charge is 2.31. The van der Waals surface area contributed by atoms with Crippen LogP contribution < -0.4 is 4.90 Å². The molecule has 2 N–H and O–H groups in total. The van der Waals surface area contributed by atoms with Crippen LogP contribution in [0.2, 0.25) is 0 Å². The lowest BCUT2D eigenvalue weighted by Gasteiger charge is -2.19. The molecule has 0 fully saturated rings. The number of amidine groups is 1. The molecule has 154 valence electrons. The van der Waals surface area contributed by atoms with Gasteiger partial charge in [0.1, 0.15) is 16.6 Å². The lowest BCUT2D eigenvalue weighted by molar-refractivity contribution is 0.411. The third kappa shape index (κ3) is 3.90. The Morgan fingerprint density at radius 1 is 1.10 bits per heavy atom. The van der Waals surface area contributed by atoms with Gasteiger partial charge in [0.05, 0.1) is 17.8 Å². The number of aryl methyl sites for hydroxylation is 3. The number of aromatic nitrogens is 1. The fraction of sp³-hybridized carbons (Fsp3) is 0.280. The number of nitrogens with one attached hydrogen (secondary N) is 1. The van der Waals surface area contributed by atoms with Crippen LogP contribution in [0.4, 0.5) is 5.69 Å². The second-order valence-corrected chi connectivity index (χ2v) is 8.72. The first-order valence-electron chi connectivity index (χ1n) is 10.4. The third-order valence-electron chi connectivity index (χ3n) is 5.69. The molecule has 1 aromatic heterocycles. The van der Waals surface area contributed by atoms with Crippen LogP contribution in [-0.4, -0.2) is 22.5 Å². The zero-order valence-electron chi connectivity index (χ0n) is 17.7. The lowest BCUT2D eigenvalue weighted by Crippen LogP contribution is -2.25. The van der Waals surface area contributed by atoms with Crippen LogP contribution in [0.15, 0.2) is 53.6 Å². The average molecular weight is 418 g/mol. The summed E-state index contributed by atoms with van der Waals surface area (Å²) in [5.74, 6) is 0.505. The van der Waals surface area contributed by atoms with Gasteiger partial charge in [-0.1, -0.05) is 37.6 Å². The number of rotatable bonds is 6. The number of aliphatic hydroxyl groups is 1. The zero-order valence-corrected chi connectivity index (χ0v) is 18.5. The van der Waals surface area contributed by atoms with Gasteiger partial charge in [0.2, 0.25) is 0 Å². The number of hydrogen-bond donors (Lipinski definition) is 2. The number of thiazole rings is 1. The molecule has 0 aliphatic carbocycles. The van der Waals surface area contributed by atoms with E-state index < -0.39 is 0 Å². The molecule has 2 heterocycles. The van der Waals surface area contributed by atoms with Crippen molar-refractivity contribution in [1.82, 2.24) is 4.98 Å². The van der Waals surface area contributed by atoms with Gasteiger partial charge in [0.25, 0.3) is 0 Å². The standard InChI is InChI=1S/C25H27N3OS/c1-4-5-6-18-8-11-20(12-9-18)28-14-22(29)23(24(28)26)25-27-21(15-30-25)19-10-7-16(2)17(3)13-19/h7-13,15,26,29H,4-6,14H2,1-3H3. The van der Waals surface area contributed by atoms with E-state index in [0.717, 1.165) is 23.4 Å². The van der Waals surface area contributed by atoms with E-state index in [1.54, 1.807) is 0 Å². The van der Waals surface area contributed by atoms with Crippen molar-refractivity contribution in [3.8, 4) is 11.3 Å². The molecule has 3 aromatic rings. The summed E-state index contributed by atoms with van der Waals surface area (Å²) >= 11 is 1.47. The molecular formula is C25H27N3OS. The van der Waals surface area contributed by atoms with Gasteiger partial charge in [0, 0.05) is 16.6 Å². The lowest BCUT2D eigenvalue weighted by atomic mass is 10.1. The van der Waals surface area contributed by atoms with Crippen LogP contribution in [-0.2, 0) is 6.42 Å². The van der Waals surface area contributed by atoms with Crippen LogP contribution >= 0.6 is 11.3 Å². The maximum absolute atomic E-state index is 10.6. The second-order valence-electron chi connectivity index (χ2n) is 7.86. The molecule has 4 nitrogen and oxygen atoms in total. The van der Waals surface area contributed by atoms with Crippen LogP contribution in [0.1, 0.15) is 41.5 Å². The van der Waals surface area contributed by atoms with Crippen LogP contribution in [0.3, 0.4) is 0 Å². The first-order chi connectivity index (χ1) is 14.5. The summed E-state index contributed by atoms with van der Waals surface area (Å²) in [6, 6.07) is 14.6. The van der Waals surface area contributed by atoms with Gasteiger partial charge in [-0.2, -0.15) is 0 Å². The second kappa shape index (κ2) is 8.44. The Kier molecular flexibility index (Phi) is 5.73. The molecule has 0 spiro atoms. The van der Waals surface area contributed by atoms with Crippen molar-refractivity contribution in [1.29, 1.82) is 5.41 Å². The van der Waals surface area contributed by atoms with Gasteiger partial charge >= 0.3 is 0 Å². The van der Waals surface area contributed by atoms with Gasteiger partial charge in [-0.3, -0.25) is 5.41 Å². The van der Waals surface area contributed by atoms with E-state index in [9.17, 15) is 5.11 Å². The molecule has 2 aromatic carbocycles. The quantitative estimate of drug-likeness (QED) is 0.479. The molecule has 4 rings (SSSR count). The molecule has 0 saturated heterocycles. The minimum absolute atomic E-state index is 0.205. The number of nitrogens with zero attached hydrogens (tertiary/aromatic N) is 2. The SMILES string of the molecule is CCCCc1ccc(N2CC(O)=C(c3nc(-c4ccc(C)c(C)c4)cs3)C2=N)cc1. The van der Waals surface area contributed by atoms with E-state index in [1.165, 1.54) is 40.9 Å². The first-order valence-corrected chi connectivity index (χ1v) is 11.3. The molecule has 0 saturated carbocycles. The molecular weight excluding hydrogens is 390 g/mol. The smallest absolute Gasteiger partial charge is 0.139 e. The van der Waals surface area contributed by atoms with Crippen molar-refractivity contribution in [3.05, 3.63) is 75.3 Å². The molecule has 30 heavy (non-hydrogen) atoms. The Hall–Kier alpha value is -2.92. The van der Waals surface area contributed by atoms with Crippen molar-refractivity contribution in [3.63, 3.8) is 0 Å². The van der Waals surface area contributed by atoms with E-state index >= 15 is 0 Å². The van der Waals surface area contributed by atoms with Crippen molar-refractivity contribution >= 4 is 28.4 Å². The number of unbranched alkanes of at least 4 members (excludes halogenated alkanes) is 1. The summed E-state index contributed by atoms with van der Waals surface area (Å²) in [5, 5.41) is 22.0. The van der Waals surface area contributed by atoms with Gasteiger partial charge in [-0.25, -0.2) is 4.98 Å². The number of aliphatic hydroxyl groups excluding tert-OH is 1. The number of hydrogen-bond acceptors (Lipinski definition) is 4. The normalized spacial score (nSPS) is 14.1. The highest BCUT2D eigenvalue weighted by molar-refractivity contribution is 7.11. The largest absolute Gasteiger partial charge is 0.510 e. The molecule has 0 amide bonds. The summed E-state index contributed by atoms with van der Waals surface area (Å²) in [7, 11) is 0. The Morgan fingerprint density at radius 2 is 1.87 bits per heavy atom. The van der Waals surface area contributed by atoms with E-state index in [0.29, 0.717) is 23.0 Å². The number of anilines is 1. The fourth-order valence-electron chi connectivity index (χ4n) is 3.67. The Bertz CT molecular complexity index is 1110. The summed E-state index contributed by atoms with van der Waals surface area (Å²) in [5.41, 5.74) is 7.18. The van der Waals surface area contributed by atoms with Gasteiger partial charge in [-0.15, -0.1) is 11.3 Å². The average Bonchev–Trinajstić information content (AvgIpc) is 3.33. The van der Waals surface area contributed by atoms with E-state index in [4.69, 9.17) is 10.4 Å². The highest BCUT2D eigenvalue weighted by Crippen LogP contribution is 2.34. The van der Waals surface area contributed by atoms with E-state index in [1.807, 2.05) is 22.4 Å². The summed E-state index contributed by atoms with van der Waals surface area (Å²) in [6.45, 7) is 6.69. The van der Waals surface area contributed by atoms with Crippen LogP contribution in [0.25, 0.3) is 16.8 Å². The molecule has 0 atom stereocenters. The predicted molar refractivity (Wildman–Crippen MR) is 127 cm³/mol. The zero-order chi connectivity index (χ0) is 21.3. The van der Waals surface area contributed by atoms with Gasteiger partial charge in [0.15, 0.2) is 0 Å². The van der Waals surface area contributed by atoms with Crippen molar-refractivity contribution < 1.29 is 5.11 Å². The van der Waals surface area contributed by atoms with Crippen molar-refractivity contribution in [2.24, 2.45) is 0 Å². The predicted octanol–water partition coefficient (Wildman–Crippen LogP) is 6.54. The summed E-state index contributed by atoms with van der Waals surface area (Å²) < 4.78 is 0. The van der Waals surface area contributed by atoms with Crippen molar-refractivity contribution in [2.45, 2.75) is 40.0 Å². The summed E-state index contributed by atoms with van der Waals surface area (Å²) in [6.07, 6.45) is 3.43. The van der Waals surface area contributed by atoms with Gasteiger partial charge < -0.3 is 10.0 Å². The van der Waals surface area contributed by atoms with Crippen LogP contribution in [0, 0.1) is 19.3 Å². The fourth-order valence-corrected chi connectivity index (χ4v) is 4.57. The number of benzene rings is 2. The summed E-state index contributed by atoms with van der Waals surface area (Å²) in [4.78, 5) is 6.58. The highest BCUT2D eigenvalue weighted by atomic mass is 32.1. The molecule has 1 aliphatic rings. The third-order valence-corrected chi connectivity index (χ3v) is 6.55. The minimum Gasteiger partial charge on any atom is -0.510 e. The first kappa shape index (κ1) is 20.4. The Balaban J connectivity index is 1.56. The monoisotopic (exact) mass is 417 g/mol. The van der Waals surface area contributed by atoms with E-state index in [-0.39, 0.29) is 5.76 Å². The van der Waals surface area contributed by atoms with Gasteiger partial charge in [-0.05, 0) is 61.6 Å². The molecule has 0 unspecified atom stereocenters. The maximum Gasteiger partial charge on any atom is 0.139 e.